The van der Waals surface area contributed by atoms with Crippen molar-refractivity contribution in [2.45, 2.75) is 44.9 Å². The third kappa shape index (κ3) is 3.55. The average molecular weight is 225 g/mol. The molecule has 0 radical (unpaired) electrons. The normalized spacial score (nSPS) is 18.5. The summed E-state index contributed by atoms with van der Waals surface area (Å²) in [6, 6.07) is 0. The van der Waals surface area contributed by atoms with Gasteiger partial charge in [0, 0.05) is 11.3 Å². The van der Waals surface area contributed by atoms with E-state index in [2.05, 4.69) is 10.0 Å². The molecule has 1 saturated carbocycles. The highest BCUT2D eigenvalue weighted by Gasteiger charge is 2.35. The molecule has 0 unspecified atom stereocenters. The van der Waals surface area contributed by atoms with Crippen molar-refractivity contribution < 1.29 is 14.7 Å². The molecule has 6 nitrogen and oxygen atoms in total. The van der Waals surface area contributed by atoms with Crippen LogP contribution in [-0.2, 0) is 9.59 Å². The number of carbonyl (C=O) groups is 2. The minimum Gasteiger partial charge on any atom is -0.481 e. The Balaban J connectivity index is 2.73. The second-order valence-corrected chi connectivity index (χ2v) is 4.39. The van der Waals surface area contributed by atoms with Crippen LogP contribution in [0.1, 0.15) is 44.9 Å². The first-order valence-electron chi connectivity index (χ1n) is 5.38. The maximum Gasteiger partial charge on any atom is 0.303 e. The van der Waals surface area contributed by atoms with Crippen molar-refractivity contribution in [3.8, 4) is 0 Å². The van der Waals surface area contributed by atoms with Gasteiger partial charge in [-0.05, 0) is 28.9 Å². The van der Waals surface area contributed by atoms with Crippen LogP contribution in [0, 0.1) is 5.41 Å². The quantitative estimate of drug-likeness (QED) is 0.451. The molecule has 16 heavy (non-hydrogen) atoms. The van der Waals surface area contributed by atoms with Crippen molar-refractivity contribution in [3.63, 3.8) is 0 Å². The molecule has 1 amide bonds. The topological polar surface area (TPSA) is 103 Å². The van der Waals surface area contributed by atoms with E-state index in [0.717, 1.165) is 32.1 Å². The van der Waals surface area contributed by atoms with Gasteiger partial charge in [-0.25, -0.2) is 0 Å². The van der Waals surface area contributed by atoms with E-state index >= 15 is 0 Å². The fourth-order valence-electron chi connectivity index (χ4n) is 2.44. The number of carboxylic acid groups (broad SMARTS) is 1. The Morgan fingerprint density at radius 3 is 2.38 bits per heavy atom. The van der Waals surface area contributed by atoms with Gasteiger partial charge in [0.1, 0.15) is 0 Å². The van der Waals surface area contributed by atoms with Gasteiger partial charge in [-0.2, -0.15) is 0 Å². The van der Waals surface area contributed by atoms with Gasteiger partial charge in [0.2, 0.25) is 5.91 Å². The molecule has 1 fully saturated rings. The summed E-state index contributed by atoms with van der Waals surface area (Å²) in [5.74, 6) is -1.44. The molecule has 1 N–H and O–H groups in total. The van der Waals surface area contributed by atoms with Gasteiger partial charge in [0.15, 0.2) is 0 Å². The Morgan fingerprint density at radius 1 is 1.25 bits per heavy atom. The molecule has 0 saturated heterocycles. The van der Waals surface area contributed by atoms with Crippen molar-refractivity contribution in [1.29, 1.82) is 0 Å². The van der Waals surface area contributed by atoms with Gasteiger partial charge in [-0.3, -0.25) is 9.59 Å². The number of carbonyl (C=O) groups excluding carboxylic acids is 1. The van der Waals surface area contributed by atoms with Crippen LogP contribution in [0.4, 0.5) is 0 Å². The highest BCUT2D eigenvalue weighted by atomic mass is 16.4. The molecule has 0 bridgehead atoms. The summed E-state index contributed by atoms with van der Waals surface area (Å²) in [6.07, 6.45) is 4.46. The summed E-state index contributed by atoms with van der Waals surface area (Å²) in [4.78, 5) is 24.5. The predicted octanol–water partition coefficient (Wildman–Crippen LogP) is 2.64. The summed E-state index contributed by atoms with van der Waals surface area (Å²) in [7, 11) is 0. The largest absolute Gasteiger partial charge is 0.481 e. The van der Waals surface area contributed by atoms with Crippen LogP contribution in [0.15, 0.2) is 5.11 Å². The van der Waals surface area contributed by atoms with E-state index in [1.165, 1.54) is 0 Å². The van der Waals surface area contributed by atoms with Crippen LogP contribution < -0.4 is 0 Å². The highest BCUT2D eigenvalue weighted by molar-refractivity contribution is 5.78. The van der Waals surface area contributed by atoms with Crippen molar-refractivity contribution >= 4 is 11.9 Å². The Bertz CT molecular complexity index is 328. The predicted molar refractivity (Wildman–Crippen MR) is 56.5 cm³/mol. The standard InChI is InChI=1S/C10H15N3O3/c11-13-12-8(14)6-10(7-9(15)16)4-2-1-3-5-10/h1-7H2,(H,15,16). The smallest absolute Gasteiger partial charge is 0.303 e. The zero-order chi connectivity index (χ0) is 12.0. The van der Waals surface area contributed by atoms with Crippen LogP contribution in [0.5, 0.6) is 0 Å². The number of hydrogen-bond donors (Lipinski definition) is 1. The monoisotopic (exact) mass is 225 g/mol. The van der Waals surface area contributed by atoms with Gasteiger partial charge in [0.05, 0.1) is 6.42 Å². The number of aliphatic carboxylic acids is 1. The lowest BCUT2D eigenvalue weighted by Gasteiger charge is -2.35. The van der Waals surface area contributed by atoms with Crippen LogP contribution in [0.25, 0.3) is 10.4 Å². The third-order valence-corrected chi connectivity index (χ3v) is 3.12. The lowest BCUT2D eigenvalue weighted by molar-refractivity contribution is -0.141. The van der Waals surface area contributed by atoms with Crippen LogP contribution in [-0.4, -0.2) is 17.0 Å². The fraction of sp³-hybridized carbons (Fsp3) is 0.800. The first-order valence-corrected chi connectivity index (χ1v) is 5.38. The van der Waals surface area contributed by atoms with Crippen LogP contribution >= 0.6 is 0 Å². The Morgan fingerprint density at radius 2 is 1.88 bits per heavy atom. The first kappa shape index (κ1) is 12.5. The second-order valence-electron chi connectivity index (χ2n) is 4.39. The third-order valence-electron chi connectivity index (χ3n) is 3.12. The summed E-state index contributed by atoms with van der Waals surface area (Å²) in [5, 5.41) is 11.9. The molecule has 0 aromatic rings. The maximum absolute atomic E-state index is 11.3. The minimum absolute atomic E-state index is 0.0142. The molecular weight excluding hydrogens is 210 g/mol. The molecule has 1 aliphatic carbocycles. The van der Waals surface area contributed by atoms with Crippen molar-refractivity contribution in [1.82, 2.24) is 0 Å². The SMILES string of the molecule is [N-]=[N+]=NC(=O)CC1(CC(=O)O)CCCCC1. The molecule has 0 spiro atoms. The molecular formula is C10H15N3O3. The molecule has 0 heterocycles. The van der Waals surface area contributed by atoms with Crippen molar-refractivity contribution in [3.05, 3.63) is 10.4 Å². The van der Waals surface area contributed by atoms with E-state index in [1.807, 2.05) is 0 Å². The van der Waals surface area contributed by atoms with E-state index in [1.54, 1.807) is 0 Å². The highest BCUT2D eigenvalue weighted by Crippen LogP contribution is 2.42. The Hall–Kier alpha value is -1.55. The molecule has 0 atom stereocenters. The van der Waals surface area contributed by atoms with Gasteiger partial charge in [-0.15, -0.1) is 0 Å². The number of carboxylic acids is 1. The second kappa shape index (κ2) is 5.51. The zero-order valence-corrected chi connectivity index (χ0v) is 9.06. The molecule has 0 aromatic heterocycles. The van der Waals surface area contributed by atoms with Crippen LogP contribution in [0.2, 0.25) is 0 Å². The van der Waals surface area contributed by atoms with E-state index in [4.69, 9.17) is 10.6 Å². The molecule has 0 aliphatic heterocycles. The number of hydrogen-bond acceptors (Lipinski definition) is 2. The fourth-order valence-corrected chi connectivity index (χ4v) is 2.44. The van der Waals surface area contributed by atoms with Gasteiger partial charge >= 0.3 is 5.97 Å². The average Bonchev–Trinajstić information content (AvgIpc) is 2.17. The first-order chi connectivity index (χ1) is 7.58. The van der Waals surface area contributed by atoms with Crippen molar-refractivity contribution in [2.24, 2.45) is 10.5 Å². The molecule has 1 rings (SSSR count). The molecule has 1 aliphatic rings. The van der Waals surface area contributed by atoms with Gasteiger partial charge in [-0.1, -0.05) is 19.3 Å². The van der Waals surface area contributed by atoms with E-state index < -0.39 is 17.3 Å². The summed E-state index contributed by atoms with van der Waals surface area (Å²) in [5.41, 5.74) is 7.66. The summed E-state index contributed by atoms with van der Waals surface area (Å²) < 4.78 is 0. The summed E-state index contributed by atoms with van der Waals surface area (Å²) in [6.45, 7) is 0. The molecule has 88 valence electrons. The summed E-state index contributed by atoms with van der Waals surface area (Å²) >= 11 is 0. The Labute approximate surface area is 93.3 Å². The lowest BCUT2D eigenvalue weighted by atomic mass is 9.69. The molecule has 0 aromatic carbocycles. The van der Waals surface area contributed by atoms with Crippen molar-refractivity contribution in [2.75, 3.05) is 0 Å². The lowest BCUT2D eigenvalue weighted by Crippen LogP contribution is -2.29. The number of rotatable bonds is 4. The maximum atomic E-state index is 11.3. The van der Waals surface area contributed by atoms with E-state index in [-0.39, 0.29) is 12.8 Å². The molecule has 6 heteroatoms. The Kier molecular flexibility index (Phi) is 4.31. The van der Waals surface area contributed by atoms with Gasteiger partial charge < -0.3 is 5.11 Å². The van der Waals surface area contributed by atoms with Gasteiger partial charge in [0.25, 0.3) is 0 Å². The zero-order valence-electron chi connectivity index (χ0n) is 9.06. The van der Waals surface area contributed by atoms with E-state index in [9.17, 15) is 9.59 Å². The number of nitrogens with zero attached hydrogens (tertiary/aromatic N) is 3. The minimum atomic E-state index is -0.893. The van der Waals surface area contributed by atoms with Crippen LogP contribution in [0.3, 0.4) is 0 Å². The number of azide groups is 1. The number of amides is 1. The van der Waals surface area contributed by atoms with E-state index in [0.29, 0.717) is 0 Å².